The fraction of sp³-hybridized carbons (Fsp3) is 0.429. The van der Waals surface area contributed by atoms with Crippen LogP contribution in [0.2, 0.25) is 0 Å². The molecule has 0 aliphatic carbocycles. The molecule has 0 radical (unpaired) electrons. The number of rotatable bonds is 6. The van der Waals surface area contributed by atoms with E-state index in [2.05, 4.69) is 61.1 Å². The summed E-state index contributed by atoms with van der Waals surface area (Å²) in [5.41, 5.74) is 2.09. The van der Waals surface area contributed by atoms with E-state index in [4.69, 9.17) is 0 Å². The van der Waals surface area contributed by atoms with Gasteiger partial charge in [0.2, 0.25) is 0 Å². The van der Waals surface area contributed by atoms with Crippen LogP contribution < -0.4 is 5.32 Å². The van der Waals surface area contributed by atoms with E-state index in [1.807, 2.05) is 29.2 Å². The van der Waals surface area contributed by atoms with Gasteiger partial charge in [0.25, 0.3) is 0 Å². The van der Waals surface area contributed by atoms with E-state index in [9.17, 15) is 0 Å². The molecule has 0 amide bonds. The largest absolute Gasteiger partial charge is 0.304 e. The Morgan fingerprint density at radius 1 is 1.30 bits per heavy atom. The quantitative estimate of drug-likeness (QED) is 0.797. The highest BCUT2D eigenvalue weighted by molar-refractivity contribution is 9.10. The Morgan fingerprint density at radius 3 is 2.75 bits per heavy atom. The van der Waals surface area contributed by atoms with Crippen LogP contribution in [-0.2, 0) is 6.54 Å². The Hall–Kier alpha value is -0.720. The summed E-state index contributed by atoms with van der Waals surface area (Å²) in [6.45, 7) is 6.00. The van der Waals surface area contributed by atoms with Crippen LogP contribution in [-0.4, -0.2) is 21.3 Å². The predicted octanol–water partition coefficient (Wildman–Crippen LogP) is 3.91. The van der Waals surface area contributed by atoms with Crippen LogP contribution in [0.4, 0.5) is 0 Å². The molecule has 108 valence electrons. The van der Waals surface area contributed by atoms with Gasteiger partial charge in [0.15, 0.2) is 0 Å². The fourth-order valence-electron chi connectivity index (χ4n) is 2.13. The molecule has 6 heteroatoms. The normalized spacial score (nSPS) is 12.6. The summed E-state index contributed by atoms with van der Waals surface area (Å²) in [6.07, 6.45) is 4.73. The zero-order valence-electron chi connectivity index (χ0n) is 11.6. The van der Waals surface area contributed by atoms with Crippen LogP contribution >= 0.6 is 31.9 Å². The summed E-state index contributed by atoms with van der Waals surface area (Å²) in [7, 11) is 0. The van der Waals surface area contributed by atoms with Gasteiger partial charge in [-0.2, -0.15) is 5.10 Å². The molecule has 0 saturated carbocycles. The number of hydrogen-bond donors (Lipinski definition) is 1. The summed E-state index contributed by atoms with van der Waals surface area (Å²) < 4.78 is 4.01. The highest BCUT2D eigenvalue weighted by Gasteiger charge is 2.23. The average molecular weight is 402 g/mol. The molecular weight excluding hydrogens is 384 g/mol. The molecule has 0 spiro atoms. The second-order valence-electron chi connectivity index (χ2n) is 4.45. The Morgan fingerprint density at radius 2 is 2.10 bits per heavy atom. The fourth-order valence-corrected chi connectivity index (χ4v) is 3.14. The SMILES string of the molecule is CCCNC(c1ncccc1Br)c1c(Br)cnn1CC. The van der Waals surface area contributed by atoms with E-state index in [0.29, 0.717) is 0 Å². The Balaban J connectivity index is 2.47. The molecule has 0 saturated heterocycles. The monoisotopic (exact) mass is 400 g/mol. The first kappa shape index (κ1) is 15.7. The molecule has 0 aliphatic heterocycles. The second kappa shape index (κ2) is 7.33. The van der Waals surface area contributed by atoms with Crippen molar-refractivity contribution in [2.24, 2.45) is 0 Å². The molecule has 2 aromatic rings. The molecule has 2 rings (SSSR count). The van der Waals surface area contributed by atoms with Crippen LogP contribution in [0.15, 0.2) is 33.5 Å². The smallest absolute Gasteiger partial charge is 0.0945 e. The predicted molar refractivity (Wildman–Crippen MR) is 87.7 cm³/mol. The van der Waals surface area contributed by atoms with Crippen molar-refractivity contribution < 1.29 is 0 Å². The van der Waals surface area contributed by atoms with E-state index in [1.54, 1.807) is 0 Å². The van der Waals surface area contributed by atoms with Gasteiger partial charge in [0.1, 0.15) is 0 Å². The molecule has 0 bridgehead atoms. The van der Waals surface area contributed by atoms with Crippen molar-refractivity contribution in [3.63, 3.8) is 0 Å². The molecule has 1 N–H and O–H groups in total. The van der Waals surface area contributed by atoms with Crippen LogP contribution in [0.5, 0.6) is 0 Å². The number of pyridine rings is 1. The van der Waals surface area contributed by atoms with Gasteiger partial charge in [-0.1, -0.05) is 6.92 Å². The topological polar surface area (TPSA) is 42.7 Å². The first-order valence-corrected chi connectivity index (χ1v) is 8.32. The molecule has 0 aromatic carbocycles. The minimum Gasteiger partial charge on any atom is -0.304 e. The van der Waals surface area contributed by atoms with Crippen molar-refractivity contribution in [3.8, 4) is 0 Å². The van der Waals surface area contributed by atoms with Gasteiger partial charge < -0.3 is 5.32 Å². The van der Waals surface area contributed by atoms with E-state index >= 15 is 0 Å². The molecule has 2 aromatic heterocycles. The zero-order chi connectivity index (χ0) is 14.5. The molecular formula is C14H18Br2N4. The summed E-state index contributed by atoms with van der Waals surface area (Å²) in [5.74, 6) is 0. The van der Waals surface area contributed by atoms with Gasteiger partial charge >= 0.3 is 0 Å². The Bertz CT molecular complexity index is 568. The van der Waals surface area contributed by atoms with E-state index in [1.165, 1.54) is 0 Å². The molecule has 0 aliphatic rings. The third-order valence-electron chi connectivity index (χ3n) is 3.07. The summed E-state index contributed by atoms with van der Waals surface area (Å²) in [4.78, 5) is 4.53. The second-order valence-corrected chi connectivity index (χ2v) is 6.16. The van der Waals surface area contributed by atoms with E-state index in [-0.39, 0.29) is 6.04 Å². The summed E-state index contributed by atoms with van der Waals surface area (Å²) in [6, 6.07) is 3.96. The van der Waals surface area contributed by atoms with Crippen molar-refractivity contribution in [2.45, 2.75) is 32.9 Å². The molecule has 0 fully saturated rings. The minimum atomic E-state index is 0.0161. The standard InChI is InChI=1S/C14H18Br2N4/c1-3-7-17-13(12-10(15)6-5-8-18-12)14-11(16)9-19-20(14)4-2/h5-6,8-9,13,17H,3-4,7H2,1-2H3. The maximum atomic E-state index is 4.53. The van der Waals surface area contributed by atoms with Crippen LogP contribution in [0.1, 0.15) is 37.7 Å². The summed E-state index contributed by atoms with van der Waals surface area (Å²) in [5, 5.41) is 7.97. The van der Waals surface area contributed by atoms with Gasteiger partial charge in [0, 0.05) is 17.2 Å². The molecule has 2 heterocycles. The lowest BCUT2D eigenvalue weighted by molar-refractivity contribution is 0.519. The number of nitrogens with one attached hydrogen (secondary N) is 1. The Kier molecular flexibility index (Phi) is 5.74. The third kappa shape index (κ3) is 3.30. The van der Waals surface area contributed by atoms with Gasteiger partial charge in [-0.25, -0.2) is 0 Å². The molecule has 4 nitrogen and oxygen atoms in total. The number of aromatic nitrogens is 3. The van der Waals surface area contributed by atoms with Crippen LogP contribution in [0, 0.1) is 0 Å². The minimum absolute atomic E-state index is 0.0161. The number of halogens is 2. The van der Waals surface area contributed by atoms with Crippen molar-refractivity contribution in [3.05, 3.63) is 44.9 Å². The van der Waals surface area contributed by atoms with Crippen molar-refractivity contribution in [1.82, 2.24) is 20.1 Å². The molecule has 20 heavy (non-hydrogen) atoms. The highest BCUT2D eigenvalue weighted by Crippen LogP contribution is 2.31. The lowest BCUT2D eigenvalue weighted by Crippen LogP contribution is -2.27. The first-order valence-electron chi connectivity index (χ1n) is 6.74. The Labute approximate surface area is 136 Å². The lowest BCUT2D eigenvalue weighted by atomic mass is 10.1. The van der Waals surface area contributed by atoms with Crippen molar-refractivity contribution >= 4 is 31.9 Å². The van der Waals surface area contributed by atoms with Crippen molar-refractivity contribution in [1.29, 1.82) is 0 Å². The van der Waals surface area contributed by atoms with E-state index in [0.717, 1.165) is 39.8 Å². The average Bonchev–Trinajstić information content (AvgIpc) is 2.82. The van der Waals surface area contributed by atoms with Gasteiger partial charge in [0.05, 0.1) is 28.1 Å². The zero-order valence-corrected chi connectivity index (χ0v) is 14.8. The maximum Gasteiger partial charge on any atom is 0.0945 e. The number of nitrogens with zero attached hydrogens (tertiary/aromatic N) is 3. The molecule has 1 unspecified atom stereocenters. The van der Waals surface area contributed by atoms with E-state index < -0.39 is 0 Å². The lowest BCUT2D eigenvalue weighted by Gasteiger charge is -2.21. The number of hydrogen-bond acceptors (Lipinski definition) is 3. The summed E-state index contributed by atoms with van der Waals surface area (Å²) >= 11 is 7.20. The van der Waals surface area contributed by atoms with Gasteiger partial charge in [-0.3, -0.25) is 9.67 Å². The van der Waals surface area contributed by atoms with Gasteiger partial charge in [-0.05, 0) is 63.9 Å². The van der Waals surface area contributed by atoms with Crippen LogP contribution in [0.3, 0.4) is 0 Å². The highest BCUT2D eigenvalue weighted by atomic mass is 79.9. The number of aryl methyl sites for hydroxylation is 1. The van der Waals surface area contributed by atoms with Gasteiger partial charge in [-0.15, -0.1) is 0 Å². The first-order chi connectivity index (χ1) is 9.69. The van der Waals surface area contributed by atoms with Crippen molar-refractivity contribution in [2.75, 3.05) is 6.54 Å². The maximum absolute atomic E-state index is 4.53. The van der Waals surface area contributed by atoms with Crippen LogP contribution in [0.25, 0.3) is 0 Å². The molecule has 1 atom stereocenters. The third-order valence-corrected chi connectivity index (χ3v) is 4.35.